The summed E-state index contributed by atoms with van der Waals surface area (Å²) in [6, 6.07) is 14.4. The molecule has 2 aromatic rings. The molecule has 0 amide bonds. The van der Waals surface area contributed by atoms with Crippen molar-refractivity contribution in [2.24, 2.45) is 11.7 Å². The molecule has 2 aromatic carbocycles. The summed E-state index contributed by atoms with van der Waals surface area (Å²) in [6.07, 6.45) is 0. The predicted molar refractivity (Wildman–Crippen MR) is 83.1 cm³/mol. The van der Waals surface area contributed by atoms with Gasteiger partial charge < -0.3 is 5.73 Å². The Balaban J connectivity index is 2.24. The molecule has 0 aliphatic heterocycles. The number of nitrogens with two attached hydrogens (primary N) is 1. The zero-order chi connectivity index (χ0) is 14.7. The van der Waals surface area contributed by atoms with Gasteiger partial charge in [0.05, 0.1) is 0 Å². The van der Waals surface area contributed by atoms with Crippen LogP contribution in [0.15, 0.2) is 48.5 Å². The highest BCUT2D eigenvalue weighted by atomic mass is 35.5. The highest BCUT2D eigenvalue weighted by Gasteiger charge is 2.13. The van der Waals surface area contributed by atoms with E-state index in [0.29, 0.717) is 22.1 Å². The summed E-state index contributed by atoms with van der Waals surface area (Å²) in [6.45, 7) is 4.16. The second-order valence-corrected chi connectivity index (χ2v) is 5.67. The van der Waals surface area contributed by atoms with Crippen molar-refractivity contribution in [3.05, 3.63) is 70.2 Å². The van der Waals surface area contributed by atoms with Crippen LogP contribution in [-0.2, 0) is 0 Å². The van der Waals surface area contributed by atoms with Gasteiger partial charge in [-0.1, -0.05) is 61.8 Å². The summed E-state index contributed by atoms with van der Waals surface area (Å²) in [5.41, 5.74) is 8.38. The van der Waals surface area contributed by atoms with Gasteiger partial charge in [0.1, 0.15) is 0 Å². The maximum Gasteiger partial charge on any atom is 0.193 e. The van der Waals surface area contributed by atoms with Crippen molar-refractivity contribution in [1.82, 2.24) is 0 Å². The Morgan fingerprint density at radius 2 is 1.70 bits per heavy atom. The van der Waals surface area contributed by atoms with Crippen LogP contribution in [0, 0.1) is 5.92 Å². The Kier molecular flexibility index (Phi) is 4.58. The first kappa shape index (κ1) is 14.8. The van der Waals surface area contributed by atoms with E-state index in [1.54, 1.807) is 24.3 Å². The maximum absolute atomic E-state index is 12.3. The molecule has 2 nitrogen and oxygen atoms in total. The quantitative estimate of drug-likeness (QED) is 0.855. The van der Waals surface area contributed by atoms with Crippen LogP contribution in [0.5, 0.6) is 0 Å². The first-order valence-electron chi connectivity index (χ1n) is 6.65. The first-order valence-corrected chi connectivity index (χ1v) is 7.02. The lowest BCUT2D eigenvalue weighted by Gasteiger charge is -2.16. The van der Waals surface area contributed by atoms with Gasteiger partial charge in [0.15, 0.2) is 5.78 Å². The van der Waals surface area contributed by atoms with E-state index in [0.717, 1.165) is 5.56 Å². The Bertz CT molecular complexity index is 605. The van der Waals surface area contributed by atoms with E-state index in [-0.39, 0.29) is 11.8 Å². The van der Waals surface area contributed by atoms with Crippen molar-refractivity contribution < 1.29 is 4.79 Å². The molecule has 0 radical (unpaired) electrons. The molecule has 104 valence electrons. The first-order chi connectivity index (χ1) is 9.49. The highest BCUT2D eigenvalue weighted by molar-refractivity contribution is 6.31. The van der Waals surface area contributed by atoms with Gasteiger partial charge in [0.25, 0.3) is 0 Å². The number of rotatable bonds is 4. The molecule has 3 heteroatoms. The van der Waals surface area contributed by atoms with Gasteiger partial charge in [-0.3, -0.25) is 4.79 Å². The third-order valence-electron chi connectivity index (χ3n) is 3.36. The summed E-state index contributed by atoms with van der Waals surface area (Å²) in [7, 11) is 0. The molecular weight excluding hydrogens is 270 g/mol. The van der Waals surface area contributed by atoms with Gasteiger partial charge >= 0.3 is 0 Å². The molecule has 0 saturated heterocycles. The van der Waals surface area contributed by atoms with E-state index in [9.17, 15) is 4.79 Å². The molecule has 1 atom stereocenters. The van der Waals surface area contributed by atoms with Crippen LogP contribution in [0.25, 0.3) is 0 Å². The summed E-state index contributed by atoms with van der Waals surface area (Å²) in [5.74, 6) is 0.335. The number of carbonyl (C=O) groups is 1. The normalized spacial score (nSPS) is 12.4. The van der Waals surface area contributed by atoms with E-state index in [1.165, 1.54) is 0 Å². The second-order valence-electron chi connectivity index (χ2n) is 5.23. The molecule has 0 aliphatic rings. The van der Waals surface area contributed by atoms with Gasteiger partial charge in [-0.05, 0) is 23.6 Å². The standard InChI is InChI=1S/C17H18ClNO/c1-11(2)16(19)12-6-8-13(9-7-12)17(20)14-4-3-5-15(18)10-14/h3-11,16H,19H2,1-2H3. The Morgan fingerprint density at radius 1 is 1.05 bits per heavy atom. The van der Waals surface area contributed by atoms with Crippen LogP contribution < -0.4 is 5.73 Å². The zero-order valence-corrected chi connectivity index (χ0v) is 12.4. The SMILES string of the molecule is CC(C)C(N)c1ccc(C(=O)c2cccc(Cl)c2)cc1. The number of carbonyl (C=O) groups excluding carboxylic acids is 1. The van der Waals surface area contributed by atoms with Gasteiger partial charge in [-0.15, -0.1) is 0 Å². The summed E-state index contributed by atoms with van der Waals surface area (Å²) < 4.78 is 0. The Hall–Kier alpha value is -1.64. The van der Waals surface area contributed by atoms with Crippen LogP contribution in [0.3, 0.4) is 0 Å². The van der Waals surface area contributed by atoms with E-state index in [4.69, 9.17) is 17.3 Å². The van der Waals surface area contributed by atoms with Crippen molar-refractivity contribution in [2.45, 2.75) is 19.9 Å². The van der Waals surface area contributed by atoms with Crippen molar-refractivity contribution in [3.63, 3.8) is 0 Å². The fourth-order valence-electron chi connectivity index (χ4n) is 2.04. The summed E-state index contributed by atoms with van der Waals surface area (Å²) in [5, 5.41) is 0.564. The van der Waals surface area contributed by atoms with Crippen molar-refractivity contribution in [1.29, 1.82) is 0 Å². The summed E-state index contributed by atoms with van der Waals surface area (Å²) in [4.78, 5) is 12.3. The van der Waals surface area contributed by atoms with Crippen LogP contribution in [0.4, 0.5) is 0 Å². The molecule has 0 spiro atoms. The lowest BCUT2D eigenvalue weighted by atomic mass is 9.95. The lowest BCUT2D eigenvalue weighted by molar-refractivity contribution is 0.103. The molecule has 1 unspecified atom stereocenters. The topological polar surface area (TPSA) is 43.1 Å². The van der Waals surface area contributed by atoms with Gasteiger partial charge in [-0.2, -0.15) is 0 Å². The van der Waals surface area contributed by atoms with Crippen molar-refractivity contribution >= 4 is 17.4 Å². The van der Waals surface area contributed by atoms with E-state index < -0.39 is 0 Å². The van der Waals surface area contributed by atoms with Crippen LogP contribution in [0.2, 0.25) is 5.02 Å². The second kappa shape index (κ2) is 6.21. The van der Waals surface area contributed by atoms with E-state index in [1.807, 2.05) is 24.3 Å². The van der Waals surface area contributed by atoms with Gasteiger partial charge in [0, 0.05) is 22.2 Å². The minimum Gasteiger partial charge on any atom is -0.324 e. The number of benzene rings is 2. The van der Waals surface area contributed by atoms with E-state index in [2.05, 4.69) is 13.8 Å². The largest absolute Gasteiger partial charge is 0.324 e. The van der Waals surface area contributed by atoms with E-state index >= 15 is 0 Å². The Labute approximate surface area is 124 Å². The van der Waals surface area contributed by atoms with Crippen LogP contribution in [0.1, 0.15) is 41.4 Å². The molecule has 2 N–H and O–H groups in total. The van der Waals surface area contributed by atoms with Gasteiger partial charge in [0.2, 0.25) is 0 Å². The third-order valence-corrected chi connectivity index (χ3v) is 3.60. The zero-order valence-electron chi connectivity index (χ0n) is 11.6. The molecule has 0 aromatic heterocycles. The predicted octanol–water partition coefficient (Wildman–Crippen LogP) is 4.23. The van der Waals surface area contributed by atoms with Crippen molar-refractivity contribution in [3.8, 4) is 0 Å². The minimum atomic E-state index is -0.0304. The molecule has 0 bridgehead atoms. The number of hydrogen-bond acceptors (Lipinski definition) is 2. The third kappa shape index (κ3) is 3.27. The minimum absolute atomic E-state index is 0.00896. The smallest absolute Gasteiger partial charge is 0.193 e. The molecule has 20 heavy (non-hydrogen) atoms. The number of ketones is 1. The average Bonchev–Trinajstić information content (AvgIpc) is 2.46. The average molecular weight is 288 g/mol. The van der Waals surface area contributed by atoms with Crippen LogP contribution in [-0.4, -0.2) is 5.78 Å². The molecule has 0 heterocycles. The van der Waals surface area contributed by atoms with Gasteiger partial charge in [-0.25, -0.2) is 0 Å². The maximum atomic E-state index is 12.3. The monoisotopic (exact) mass is 287 g/mol. The number of halogens is 1. The molecular formula is C17H18ClNO. The fourth-order valence-corrected chi connectivity index (χ4v) is 2.23. The Morgan fingerprint density at radius 3 is 2.25 bits per heavy atom. The molecule has 0 aliphatic carbocycles. The number of hydrogen-bond donors (Lipinski definition) is 1. The molecule has 2 rings (SSSR count). The summed E-state index contributed by atoms with van der Waals surface area (Å²) >= 11 is 5.91. The van der Waals surface area contributed by atoms with Crippen molar-refractivity contribution in [2.75, 3.05) is 0 Å². The lowest BCUT2D eigenvalue weighted by Crippen LogP contribution is -2.16. The molecule has 0 fully saturated rings. The molecule has 0 saturated carbocycles. The van der Waals surface area contributed by atoms with Crippen LogP contribution >= 0.6 is 11.6 Å². The highest BCUT2D eigenvalue weighted by Crippen LogP contribution is 2.20. The fraction of sp³-hybridized carbons (Fsp3) is 0.235.